The second kappa shape index (κ2) is 3.76. The van der Waals surface area contributed by atoms with Crippen LogP contribution in [-0.2, 0) is 0 Å². The molecule has 1 heterocycles. The van der Waals surface area contributed by atoms with E-state index in [9.17, 15) is 14.9 Å². The molecule has 1 aromatic rings. The van der Waals surface area contributed by atoms with Crippen LogP contribution in [0.15, 0.2) is 12.4 Å². The fourth-order valence-corrected chi connectivity index (χ4v) is 1.27. The summed E-state index contributed by atoms with van der Waals surface area (Å²) in [5.41, 5.74) is 4.46. The Bertz CT molecular complexity index is 456. The van der Waals surface area contributed by atoms with E-state index in [1.165, 1.54) is 6.20 Å². The van der Waals surface area contributed by atoms with Gasteiger partial charge in [-0.15, -0.1) is 0 Å². The van der Waals surface area contributed by atoms with E-state index in [-0.39, 0.29) is 17.4 Å². The molecule has 1 amide bonds. The monoisotopic (exact) mass is 223 g/mol. The Morgan fingerprint density at radius 2 is 2.25 bits per heavy atom. The lowest BCUT2D eigenvalue weighted by atomic mass is 10.2. The minimum absolute atomic E-state index is 0.0157. The van der Waals surface area contributed by atoms with Gasteiger partial charge in [0.2, 0.25) is 0 Å². The molecule has 7 heteroatoms. The van der Waals surface area contributed by atoms with Crippen molar-refractivity contribution in [2.75, 3.05) is 0 Å². The molecule has 0 bridgehead atoms. The molecule has 7 nitrogen and oxygen atoms in total. The summed E-state index contributed by atoms with van der Waals surface area (Å²) in [6.07, 6.45) is 4.02. The van der Waals surface area contributed by atoms with Crippen LogP contribution in [0, 0.1) is 10.1 Å². The molecular weight excluding hydrogens is 214 g/mol. The number of primary amides is 1. The SMILES string of the molecule is NC(=O)c1c(OC2CC2)cncc1[N+](=O)[O-]. The summed E-state index contributed by atoms with van der Waals surface area (Å²) in [5.74, 6) is -0.797. The number of nitrogens with zero attached hydrogens (tertiary/aromatic N) is 2. The summed E-state index contributed by atoms with van der Waals surface area (Å²) in [4.78, 5) is 24.8. The molecule has 1 aliphatic carbocycles. The Morgan fingerprint density at radius 3 is 2.75 bits per heavy atom. The van der Waals surface area contributed by atoms with Gasteiger partial charge in [-0.25, -0.2) is 0 Å². The average molecular weight is 223 g/mol. The third-order valence-corrected chi connectivity index (χ3v) is 2.15. The van der Waals surface area contributed by atoms with Crippen molar-refractivity contribution in [3.63, 3.8) is 0 Å². The maximum absolute atomic E-state index is 11.2. The summed E-state index contributed by atoms with van der Waals surface area (Å²) in [6, 6.07) is 0. The fourth-order valence-electron chi connectivity index (χ4n) is 1.27. The van der Waals surface area contributed by atoms with Crippen LogP contribution in [0.2, 0.25) is 0 Å². The second-order valence-electron chi connectivity index (χ2n) is 3.47. The largest absolute Gasteiger partial charge is 0.488 e. The molecule has 2 rings (SSSR count). The van der Waals surface area contributed by atoms with E-state index in [0.29, 0.717) is 0 Å². The number of nitrogens with two attached hydrogens (primary N) is 1. The van der Waals surface area contributed by atoms with E-state index in [1.807, 2.05) is 0 Å². The first-order chi connectivity index (χ1) is 7.59. The van der Waals surface area contributed by atoms with Gasteiger partial charge in [0.25, 0.3) is 5.91 Å². The van der Waals surface area contributed by atoms with Gasteiger partial charge < -0.3 is 10.5 Å². The predicted octanol–water partition coefficient (Wildman–Crippen LogP) is 0.630. The van der Waals surface area contributed by atoms with Crippen molar-refractivity contribution in [3.05, 3.63) is 28.1 Å². The van der Waals surface area contributed by atoms with Gasteiger partial charge in [-0.2, -0.15) is 0 Å². The first kappa shape index (κ1) is 10.3. The quantitative estimate of drug-likeness (QED) is 0.594. The minimum Gasteiger partial charge on any atom is -0.488 e. The highest BCUT2D eigenvalue weighted by Gasteiger charge is 2.29. The van der Waals surface area contributed by atoms with Gasteiger partial charge in [-0.1, -0.05) is 0 Å². The van der Waals surface area contributed by atoms with Crippen LogP contribution in [-0.4, -0.2) is 21.9 Å². The van der Waals surface area contributed by atoms with Crippen molar-refractivity contribution in [1.29, 1.82) is 0 Å². The topological polar surface area (TPSA) is 108 Å². The summed E-state index contributed by atoms with van der Waals surface area (Å²) in [5, 5.41) is 10.7. The third kappa shape index (κ3) is 1.92. The first-order valence-corrected chi connectivity index (χ1v) is 4.68. The van der Waals surface area contributed by atoms with E-state index in [2.05, 4.69) is 4.98 Å². The number of hydrogen-bond acceptors (Lipinski definition) is 5. The van der Waals surface area contributed by atoms with Crippen LogP contribution >= 0.6 is 0 Å². The van der Waals surface area contributed by atoms with Crippen LogP contribution in [0.5, 0.6) is 5.75 Å². The number of pyridine rings is 1. The smallest absolute Gasteiger partial charge is 0.304 e. The molecule has 1 aromatic heterocycles. The zero-order valence-corrected chi connectivity index (χ0v) is 8.25. The molecule has 0 aromatic carbocycles. The Kier molecular flexibility index (Phi) is 2.43. The van der Waals surface area contributed by atoms with Crippen molar-refractivity contribution in [3.8, 4) is 5.75 Å². The van der Waals surface area contributed by atoms with Gasteiger partial charge in [0.15, 0.2) is 11.3 Å². The van der Waals surface area contributed by atoms with E-state index in [0.717, 1.165) is 19.0 Å². The Balaban J connectivity index is 2.45. The first-order valence-electron chi connectivity index (χ1n) is 4.68. The molecule has 84 valence electrons. The molecule has 2 N–H and O–H groups in total. The number of nitro groups is 1. The van der Waals surface area contributed by atoms with Crippen molar-refractivity contribution >= 4 is 11.6 Å². The summed E-state index contributed by atoms with van der Waals surface area (Å²) in [7, 11) is 0. The van der Waals surface area contributed by atoms with Crippen molar-refractivity contribution in [1.82, 2.24) is 4.98 Å². The zero-order chi connectivity index (χ0) is 11.7. The number of carbonyl (C=O) groups excluding carboxylic acids is 1. The van der Waals surface area contributed by atoms with Gasteiger partial charge in [-0.05, 0) is 12.8 Å². The maximum atomic E-state index is 11.2. The molecule has 0 atom stereocenters. The van der Waals surface area contributed by atoms with Crippen molar-refractivity contribution < 1.29 is 14.5 Å². The van der Waals surface area contributed by atoms with E-state index in [1.54, 1.807) is 0 Å². The lowest BCUT2D eigenvalue weighted by Crippen LogP contribution is -2.16. The molecule has 1 aliphatic rings. The number of hydrogen-bond donors (Lipinski definition) is 1. The van der Waals surface area contributed by atoms with E-state index >= 15 is 0 Å². The predicted molar refractivity (Wildman–Crippen MR) is 53.1 cm³/mol. The third-order valence-electron chi connectivity index (χ3n) is 2.15. The molecule has 16 heavy (non-hydrogen) atoms. The van der Waals surface area contributed by atoms with Crippen LogP contribution in [0.4, 0.5) is 5.69 Å². The van der Waals surface area contributed by atoms with Crippen molar-refractivity contribution in [2.24, 2.45) is 5.73 Å². The van der Waals surface area contributed by atoms with Crippen LogP contribution in [0.1, 0.15) is 23.2 Å². The highest BCUT2D eigenvalue weighted by molar-refractivity contribution is 5.99. The molecule has 0 radical (unpaired) electrons. The zero-order valence-electron chi connectivity index (χ0n) is 8.25. The van der Waals surface area contributed by atoms with Gasteiger partial charge in [0.1, 0.15) is 6.20 Å². The lowest BCUT2D eigenvalue weighted by Gasteiger charge is -2.07. The van der Waals surface area contributed by atoms with E-state index < -0.39 is 16.5 Å². The average Bonchev–Trinajstić information content (AvgIpc) is 3.00. The van der Waals surface area contributed by atoms with Gasteiger partial charge >= 0.3 is 5.69 Å². The van der Waals surface area contributed by atoms with Crippen molar-refractivity contribution in [2.45, 2.75) is 18.9 Å². The molecule has 0 spiro atoms. The number of ether oxygens (including phenoxy) is 1. The second-order valence-corrected chi connectivity index (χ2v) is 3.47. The Labute approximate surface area is 90.4 Å². The fraction of sp³-hybridized carbons (Fsp3) is 0.333. The highest BCUT2D eigenvalue weighted by Crippen LogP contribution is 2.32. The molecular formula is C9H9N3O4. The van der Waals surface area contributed by atoms with Gasteiger partial charge in [0, 0.05) is 0 Å². The van der Waals surface area contributed by atoms with Crippen LogP contribution < -0.4 is 10.5 Å². The Hall–Kier alpha value is -2.18. The van der Waals surface area contributed by atoms with E-state index in [4.69, 9.17) is 10.5 Å². The number of aromatic nitrogens is 1. The molecule has 0 saturated heterocycles. The number of amides is 1. The van der Waals surface area contributed by atoms with Gasteiger partial charge in [0.05, 0.1) is 17.2 Å². The standard InChI is InChI=1S/C9H9N3O4/c10-9(13)8-6(12(14)15)3-11-4-7(8)16-5-1-2-5/h3-5H,1-2H2,(H2,10,13). The lowest BCUT2D eigenvalue weighted by molar-refractivity contribution is -0.385. The number of rotatable bonds is 4. The van der Waals surface area contributed by atoms with Crippen LogP contribution in [0.3, 0.4) is 0 Å². The number of carbonyl (C=O) groups is 1. The summed E-state index contributed by atoms with van der Waals surface area (Å²) < 4.78 is 5.34. The minimum atomic E-state index is -0.884. The highest BCUT2D eigenvalue weighted by atomic mass is 16.6. The Morgan fingerprint density at radius 1 is 1.56 bits per heavy atom. The maximum Gasteiger partial charge on any atom is 0.304 e. The molecule has 0 aliphatic heterocycles. The molecule has 1 fully saturated rings. The van der Waals surface area contributed by atoms with Crippen LogP contribution in [0.25, 0.3) is 0 Å². The van der Waals surface area contributed by atoms with Gasteiger partial charge in [-0.3, -0.25) is 19.9 Å². The normalized spacial score (nSPS) is 14.5. The molecule has 0 unspecified atom stereocenters. The summed E-state index contributed by atoms with van der Waals surface area (Å²) >= 11 is 0. The summed E-state index contributed by atoms with van der Waals surface area (Å²) in [6.45, 7) is 0. The molecule has 1 saturated carbocycles.